The lowest BCUT2D eigenvalue weighted by Crippen LogP contribution is -2.28. The van der Waals surface area contributed by atoms with Crippen LogP contribution in [0.4, 0.5) is 0 Å². The molecule has 0 spiro atoms. The van der Waals surface area contributed by atoms with Crippen LogP contribution >= 0.6 is 11.8 Å². The van der Waals surface area contributed by atoms with Crippen molar-refractivity contribution in [2.75, 3.05) is 12.8 Å². The van der Waals surface area contributed by atoms with Gasteiger partial charge in [-0.05, 0) is 30.7 Å². The molecule has 1 aromatic carbocycles. The summed E-state index contributed by atoms with van der Waals surface area (Å²) in [5.41, 5.74) is 1.31. The fourth-order valence-corrected chi connectivity index (χ4v) is 3.06. The molecular formula is C13H17NOS. The van der Waals surface area contributed by atoms with Crippen molar-refractivity contribution in [3.63, 3.8) is 0 Å². The van der Waals surface area contributed by atoms with E-state index in [9.17, 15) is 4.79 Å². The molecule has 1 aliphatic heterocycles. The average molecular weight is 235 g/mol. The van der Waals surface area contributed by atoms with Crippen LogP contribution in [0.1, 0.15) is 31.4 Å². The molecule has 1 saturated heterocycles. The number of carbonyl (C=O) groups is 1. The van der Waals surface area contributed by atoms with E-state index in [2.05, 4.69) is 30.5 Å². The summed E-state index contributed by atoms with van der Waals surface area (Å²) in [6.45, 7) is 2.57. The Morgan fingerprint density at radius 3 is 2.88 bits per heavy atom. The molecular weight excluding hydrogens is 218 g/mol. The quantitative estimate of drug-likeness (QED) is 0.734. The number of hydrogen-bond acceptors (Lipinski definition) is 2. The fraction of sp³-hybridized carbons (Fsp3) is 0.462. The summed E-state index contributed by atoms with van der Waals surface area (Å²) in [5.74, 6) is 0.193. The number of rotatable bonds is 2. The van der Waals surface area contributed by atoms with E-state index in [1.807, 2.05) is 4.90 Å². The monoisotopic (exact) mass is 235 g/mol. The molecule has 3 heteroatoms. The van der Waals surface area contributed by atoms with Crippen molar-refractivity contribution in [3.05, 3.63) is 29.8 Å². The van der Waals surface area contributed by atoms with E-state index in [4.69, 9.17) is 0 Å². The van der Waals surface area contributed by atoms with Crippen molar-refractivity contribution in [3.8, 4) is 0 Å². The molecule has 2 nitrogen and oxygen atoms in total. The number of nitrogens with zero attached hydrogens (tertiary/aromatic N) is 1. The topological polar surface area (TPSA) is 20.3 Å². The minimum Gasteiger partial charge on any atom is -0.336 e. The van der Waals surface area contributed by atoms with E-state index in [0.717, 1.165) is 19.4 Å². The van der Waals surface area contributed by atoms with Crippen molar-refractivity contribution >= 4 is 17.7 Å². The van der Waals surface area contributed by atoms with Gasteiger partial charge in [0.25, 0.3) is 0 Å². The van der Waals surface area contributed by atoms with Gasteiger partial charge in [-0.1, -0.05) is 18.2 Å². The number of hydrogen-bond donors (Lipinski definition) is 0. The highest BCUT2D eigenvalue weighted by atomic mass is 32.2. The molecule has 0 radical (unpaired) electrons. The summed E-state index contributed by atoms with van der Waals surface area (Å²) in [6, 6.07) is 8.70. The van der Waals surface area contributed by atoms with Crippen molar-refractivity contribution in [1.82, 2.24) is 4.90 Å². The Morgan fingerprint density at radius 1 is 1.44 bits per heavy atom. The van der Waals surface area contributed by atoms with Crippen molar-refractivity contribution < 1.29 is 4.79 Å². The minimum atomic E-state index is 0.193. The second-order valence-electron chi connectivity index (χ2n) is 4.11. The van der Waals surface area contributed by atoms with Gasteiger partial charge in [0.05, 0.1) is 6.04 Å². The van der Waals surface area contributed by atoms with Crippen LogP contribution in [0, 0.1) is 0 Å². The highest BCUT2D eigenvalue weighted by Crippen LogP contribution is 2.36. The summed E-state index contributed by atoms with van der Waals surface area (Å²) in [7, 11) is 0. The Kier molecular flexibility index (Phi) is 3.54. The minimum absolute atomic E-state index is 0.193. The molecule has 0 aliphatic carbocycles. The molecule has 1 unspecified atom stereocenters. The SMILES string of the molecule is CSc1ccccc1C1CCCN1C(C)=O. The van der Waals surface area contributed by atoms with Gasteiger partial charge in [-0.25, -0.2) is 0 Å². The highest BCUT2D eigenvalue weighted by Gasteiger charge is 2.28. The molecule has 1 fully saturated rings. The molecule has 1 aliphatic rings. The van der Waals surface area contributed by atoms with E-state index < -0.39 is 0 Å². The maximum atomic E-state index is 11.5. The predicted octanol–water partition coefficient (Wildman–Crippen LogP) is 3.09. The van der Waals surface area contributed by atoms with Crippen LogP contribution in [0.5, 0.6) is 0 Å². The first-order valence-corrected chi connectivity index (χ1v) is 6.86. The second kappa shape index (κ2) is 4.91. The summed E-state index contributed by atoms with van der Waals surface area (Å²) in [6.07, 6.45) is 4.30. The van der Waals surface area contributed by atoms with Crippen LogP contribution < -0.4 is 0 Å². The fourth-order valence-electron chi connectivity index (χ4n) is 2.41. The third-order valence-electron chi connectivity index (χ3n) is 3.16. The third kappa shape index (κ3) is 2.09. The standard InChI is InChI=1S/C13H17NOS/c1-10(15)14-9-5-7-12(14)11-6-3-4-8-13(11)16-2/h3-4,6,8,12H,5,7,9H2,1-2H3. The first-order chi connectivity index (χ1) is 7.74. The molecule has 0 saturated carbocycles. The Morgan fingerprint density at radius 2 is 2.19 bits per heavy atom. The van der Waals surface area contributed by atoms with Crippen molar-refractivity contribution in [2.24, 2.45) is 0 Å². The average Bonchev–Trinajstić information content (AvgIpc) is 2.77. The van der Waals surface area contributed by atoms with Gasteiger partial charge in [0.2, 0.25) is 5.91 Å². The molecule has 1 atom stereocenters. The largest absolute Gasteiger partial charge is 0.336 e. The first kappa shape index (κ1) is 11.5. The zero-order valence-electron chi connectivity index (χ0n) is 9.77. The molecule has 1 amide bonds. The van der Waals surface area contributed by atoms with Gasteiger partial charge in [-0.15, -0.1) is 11.8 Å². The van der Waals surface area contributed by atoms with E-state index in [0.29, 0.717) is 6.04 Å². The Bertz CT molecular complexity index is 391. The van der Waals surface area contributed by atoms with Crippen LogP contribution in [-0.2, 0) is 4.79 Å². The van der Waals surface area contributed by atoms with Gasteiger partial charge in [-0.2, -0.15) is 0 Å². The lowest BCUT2D eigenvalue weighted by Gasteiger charge is -2.25. The van der Waals surface area contributed by atoms with Gasteiger partial charge in [-0.3, -0.25) is 4.79 Å². The number of thioether (sulfide) groups is 1. The predicted molar refractivity (Wildman–Crippen MR) is 67.6 cm³/mol. The van der Waals surface area contributed by atoms with Crippen molar-refractivity contribution in [1.29, 1.82) is 0 Å². The molecule has 1 aromatic rings. The molecule has 0 bridgehead atoms. The van der Waals surface area contributed by atoms with Crippen LogP contribution in [0.25, 0.3) is 0 Å². The maximum absolute atomic E-state index is 11.5. The van der Waals surface area contributed by atoms with Crippen LogP contribution in [0.15, 0.2) is 29.2 Å². The molecule has 2 rings (SSSR count). The van der Waals surface area contributed by atoms with Gasteiger partial charge < -0.3 is 4.90 Å². The van der Waals surface area contributed by atoms with Gasteiger partial charge in [0.15, 0.2) is 0 Å². The van der Waals surface area contributed by atoms with Crippen LogP contribution in [-0.4, -0.2) is 23.6 Å². The number of amides is 1. The summed E-state index contributed by atoms with van der Waals surface area (Å²) in [4.78, 5) is 14.8. The lowest BCUT2D eigenvalue weighted by atomic mass is 10.0. The summed E-state index contributed by atoms with van der Waals surface area (Å²) >= 11 is 1.76. The Hall–Kier alpha value is -0.960. The normalized spacial score (nSPS) is 20.1. The smallest absolute Gasteiger partial charge is 0.219 e. The number of likely N-dealkylation sites (tertiary alicyclic amines) is 1. The van der Waals surface area contributed by atoms with Crippen LogP contribution in [0.3, 0.4) is 0 Å². The second-order valence-corrected chi connectivity index (χ2v) is 4.96. The molecule has 0 aromatic heterocycles. The molecule has 86 valence electrons. The Balaban J connectivity index is 2.32. The van der Waals surface area contributed by atoms with E-state index >= 15 is 0 Å². The van der Waals surface area contributed by atoms with Gasteiger partial charge in [0.1, 0.15) is 0 Å². The summed E-state index contributed by atoms with van der Waals surface area (Å²) < 4.78 is 0. The number of benzene rings is 1. The van der Waals surface area contributed by atoms with Gasteiger partial charge in [0, 0.05) is 18.4 Å². The van der Waals surface area contributed by atoms with Crippen molar-refractivity contribution in [2.45, 2.75) is 30.7 Å². The number of carbonyl (C=O) groups excluding carboxylic acids is 1. The van der Waals surface area contributed by atoms with Crippen LogP contribution in [0.2, 0.25) is 0 Å². The summed E-state index contributed by atoms with van der Waals surface area (Å²) in [5, 5.41) is 0. The van der Waals surface area contributed by atoms with Gasteiger partial charge >= 0.3 is 0 Å². The van der Waals surface area contributed by atoms with E-state index in [-0.39, 0.29) is 5.91 Å². The molecule has 0 N–H and O–H groups in total. The lowest BCUT2D eigenvalue weighted by molar-refractivity contribution is -0.129. The third-order valence-corrected chi connectivity index (χ3v) is 3.97. The molecule has 16 heavy (non-hydrogen) atoms. The first-order valence-electron chi connectivity index (χ1n) is 5.64. The van der Waals surface area contributed by atoms with E-state index in [1.54, 1.807) is 18.7 Å². The highest BCUT2D eigenvalue weighted by molar-refractivity contribution is 7.98. The zero-order chi connectivity index (χ0) is 11.5. The Labute approximate surface area is 101 Å². The molecule has 1 heterocycles. The zero-order valence-corrected chi connectivity index (χ0v) is 10.6. The van der Waals surface area contributed by atoms with E-state index in [1.165, 1.54) is 10.5 Å². The maximum Gasteiger partial charge on any atom is 0.219 e.